The zero-order valence-corrected chi connectivity index (χ0v) is 20.5. The van der Waals surface area contributed by atoms with Gasteiger partial charge in [0.25, 0.3) is 5.91 Å². The van der Waals surface area contributed by atoms with E-state index < -0.39 is 0 Å². The van der Waals surface area contributed by atoms with E-state index in [1.165, 1.54) is 7.11 Å². The van der Waals surface area contributed by atoms with Gasteiger partial charge in [0, 0.05) is 54.6 Å². The summed E-state index contributed by atoms with van der Waals surface area (Å²) in [5.41, 5.74) is 5.54. The maximum absolute atomic E-state index is 13.1. The predicted octanol–water partition coefficient (Wildman–Crippen LogP) is 4.21. The molecule has 0 spiro atoms. The number of carbonyl (C=O) groups is 2. The number of benzene rings is 2. The fourth-order valence-electron chi connectivity index (χ4n) is 4.39. The van der Waals surface area contributed by atoms with Gasteiger partial charge in [0.1, 0.15) is 0 Å². The number of aromatic nitrogens is 2. The largest absolute Gasteiger partial charge is 0.469 e. The van der Waals surface area contributed by atoms with Crippen LogP contribution >= 0.6 is 11.6 Å². The summed E-state index contributed by atoms with van der Waals surface area (Å²) in [5, 5.41) is 5.36. The van der Waals surface area contributed by atoms with Crippen molar-refractivity contribution in [3.05, 3.63) is 76.1 Å². The van der Waals surface area contributed by atoms with Crippen LogP contribution in [-0.4, -0.2) is 59.8 Å². The summed E-state index contributed by atoms with van der Waals surface area (Å²) in [6.45, 7) is 6.79. The van der Waals surface area contributed by atoms with Gasteiger partial charge < -0.3 is 14.5 Å². The molecular formula is C26H29ClN4O3. The van der Waals surface area contributed by atoms with Crippen molar-refractivity contribution in [1.82, 2.24) is 14.7 Å². The minimum Gasteiger partial charge on any atom is -0.469 e. The molecule has 0 atom stereocenters. The molecule has 0 unspecified atom stereocenters. The zero-order chi connectivity index (χ0) is 24.2. The van der Waals surface area contributed by atoms with Crippen molar-refractivity contribution >= 4 is 29.2 Å². The molecule has 1 fully saturated rings. The van der Waals surface area contributed by atoms with Crippen molar-refractivity contribution in [1.29, 1.82) is 0 Å². The van der Waals surface area contributed by atoms with Crippen LogP contribution in [0.15, 0.2) is 48.5 Å². The van der Waals surface area contributed by atoms with Crippen molar-refractivity contribution in [3.8, 4) is 5.69 Å². The molecule has 8 heteroatoms. The molecule has 1 saturated heterocycles. The first-order valence-corrected chi connectivity index (χ1v) is 11.8. The van der Waals surface area contributed by atoms with Crippen LogP contribution in [0.4, 0.5) is 5.69 Å². The molecule has 0 bridgehead atoms. The highest BCUT2D eigenvalue weighted by Gasteiger charge is 2.23. The van der Waals surface area contributed by atoms with E-state index in [0.717, 1.165) is 41.4 Å². The lowest BCUT2D eigenvalue weighted by Crippen LogP contribution is -2.48. The highest BCUT2D eigenvalue weighted by molar-refractivity contribution is 6.30. The first-order valence-electron chi connectivity index (χ1n) is 11.4. The van der Waals surface area contributed by atoms with E-state index in [4.69, 9.17) is 16.3 Å². The van der Waals surface area contributed by atoms with E-state index in [1.54, 1.807) is 0 Å². The Bertz CT molecular complexity index is 1180. The molecule has 3 aromatic rings. The van der Waals surface area contributed by atoms with Crippen LogP contribution in [0, 0.1) is 13.8 Å². The first-order chi connectivity index (χ1) is 16.4. The third-order valence-electron chi connectivity index (χ3n) is 6.35. The Balaban J connectivity index is 1.41. The number of aryl methyl sites for hydroxylation is 1. The second-order valence-electron chi connectivity index (χ2n) is 8.44. The van der Waals surface area contributed by atoms with Crippen LogP contribution in [0.1, 0.15) is 33.7 Å². The molecule has 0 N–H and O–H groups in total. The van der Waals surface area contributed by atoms with Crippen molar-refractivity contribution in [2.24, 2.45) is 0 Å². The van der Waals surface area contributed by atoms with E-state index in [2.05, 4.69) is 10.00 Å². The van der Waals surface area contributed by atoms with Crippen LogP contribution in [0.3, 0.4) is 0 Å². The van der Waals surface area contributed by atoms with E-state index >= 15 is 0 Å². The van der Waals surface area contributed by atoms with Gasteiger partial charge in [0.05, 0.1) is 18.5 Å². The van der Waals surface area contributed by atoms with Crippen molar-refractivity contribution in [2.75, 3.05) is 38.2 Å². The summed E-state index contributed by atoms with van der Waals surface area (Å²) < 4.78 is 6.61. The molecule has 4 rings (SSSR count). The molecule has 0 saturated carbocycles. The highest BCUT2D eigenvalue weighted by Crippen LogP contribution is 2.23. The summed E-state index contributed by atoms with van der Waals surface area (Å²) in [6.07, 6.45) is 0.907. The minimum absolute atomic E-state index is 0.0319. The molecule has 1 aliphatic heterocycles. The Hall–Kier alpha value is -3.32. The number of amides is 1. The number of halogens is 1. The number of rotatable bonds is 6. The summed E-state index contributed by atoms with van der Waals surface area (Å²) in [6, 6.07) is 15.3. The third-order valence-corrected chi connectivity index (χ3v) is 6.58. The topological polar surface area (TPSA) is 67.7 Å². The van der Waals surface area contributed by atoms with Crippen LogP contribution in [-0.2, 0) is 16.0 Å². The van der Waals surface area contributed by atoms with Crippen LogP contribution in [0.2, 0.25) is 5.02 Å². The van der Waals surface area contributed by atoms with Crippen molar-refractivity contribution < 1.29 is 14.3 Å². The van der Waals surface area contributed by atoms with Crippen LogP contribution in [0.5, 0.6) is 0 Å². The number of esters is 1. The lowest BCUT2D eigenvalue weighted by atomic mass is 10.1. The Morgan fingerprint density at radius 2 is 1.71 bits per heavy atom. The lowest BCUT2D eigenvalue weighted by molar-refractivity contribution is -0.140. The standard InChI is InChI=1S/C26H29ClN4O3/c1-18-24(11-12-25(32)34-3)19(2)31(28-18)22-9-7-20(8-10-22)26(33)30-15-13-29(14-16-30)23-6-4-5-21(27)17-23/h4-10,17H,11-16H2,1-3H3. The SMILES string of the molecule is COC(=O)CCc1c(C)nn(-c2ccc(C(=O)N3CCN(c4cccc(Cl)c4)CC3)cc2)c1C. The number of ether oxygens (including phenoxy) is 1. The molecule has 1 aliphatic rings. The average Bonchev–Trinajstić information content (AvgIpc) is 3.15. The van der Waals surface area contributed by atoms with Crippen molar-refractivity contribution in [3.63, 3.8) is 0 Å². The fraction of sp³-hybridized carbons (Fsp3) is 0.346. The van der Waals surface area contributed by atoms with E-state index in [1.807, 2.05) is 72.0 Å². The Kier molecular flexibility index (Phi) is 7.22. The van der Waals surface area contributed by atoms with Gasteiger partial charge in [-0.05, 0) is 68.3 Å². The van der Waals surface area contributed by atoms with Gasteiger partial charge in [-0.1, -0.05) is 17.7 Å². The smallest absolute Gasteiger partial charge is 0.305 e. The second kappa shape index (κ2) is 10.3. The van der Waals surface area contributed by atoms with Crippen molar-refractivity contribution in [2.45, 2.75) is 26.7 Å². The van der Waals surface area contributed by atoms with Gasteiger partial charge in [-0.2, -0.15) is 5.10 Å². The van der Waals surface area contributed by atoms with Gasteiger partial charge >= 0.3 is 5.97 Å². The zero-order valence-electron chi connectivity index (χ0n) is 19.8. The van der Waals surface area contributed by atoms with Gasteiger partial charge in [-0.15, -0.1) is 0 Å². The van der Waals surface area contributed by atoms with Crippen LogP contribution < -0.4 is 4.90 Å². The number of nitrogens with zero attached hydrogens (tertiary/aromatic N) is 4. The summed E-state index contributed by atoms with van der Waals surface area (Å²) in [5.74, 6) is -0.202. The predicted molar refractivity (Wildman–Crippen MR) is 133 cm³/mol. The Morgan fingerprint density at radius 1 is 1.00 bits per heavy atom. The number of anilines is 1. The summed E-state index contributed by atoms with van der Waals surface area (Å²) >= 11 is 6.12. The Morgan fingerprint density at radius 3 is 2.35 bits per heavy atom. The number of methoxy groups -OCH3 is 1. The fourth-order valence-corrected chi connectivity index (χ4v) is 4.57. The maximum Gasteiger partial charge on any atom is 0.305 e. The molecule has 2 aromatic carbocycles. The van der Waals surface area contributed by atoms with E-state index in [0.29, 0.717) is 36.5 Å². The van der Waals surface area contributed by atoms with Gasteiger partial charge in [0.15, 0.2) is 0 Å². The number of hydrogen-bond acceptors (Lipinski definition) is 5. The molecule has 178 valence electrons. The number of hydrogen-bond donors (Lipinski definition) is 0. The normalized spacial score (nSPS) is 13.8. The number of piperazine rings is 1. The van der Waals surface area contributed by atoms with Gasteiger partial charge in [-0.3, -0.25) is 9.59 Å². The highest BCUT2D eigenvalue weighted by atomic mass is 35.5. The minimum atomic E-state index is -0.234. The summed E-state index contributed by atoms with van der Waals surface area (Å²) in [4.78, 5) is 28.7. The van der Waals surface area contributed by atoms with Gasteiger partial charge in [0.2, 0.25) is 0 Å². The molecule has 34 heavy (non-hydrogen) atoms. The molecule has 1 aromatic heterocycles. The average molecular weight is 481 g/mol. The molecular weight excluding hydrogens is 452 g/mol. The monoisotopic (exact) mass is 480 g/mol. The molecule has 2 heterocycles. The van der Waals surface area contributed by atoms with E-state index in [-0.39, 0.29) is 11.9 Å². The molecule has 1 amide bonds. The number of carbonyl (C=O) groups excluding carboxylic acids is 2. The second-order valence-corrected chi connectivity index (χ2v) is 8.88. The Labute approximate surface area is 204 Å². The van der Waals surface area contributed by atoms with E-state index in [9.17, 15) is 9.59 Å². The van der Waals surface area contributed by atoms with Crippen LogP contribution in [0.25, 0.3) is 5.69 Å². The lowest BCUT2D eigenvalue weighted by Gasteiger charge is -2.36. The molecule has 0 radical (unpaired) electrons. The molecule has 7 nitrogen and oxygen atoms in total. The summed E-state index contributed by atoms with van der Waals surface area (Å²) in [7, 11) is 1.40. The third kappa shape index (κ3) is 5.09. The first kappa shape index (κ1) is 23.8. The maximum atomic E-state index is 13.1. The quantitative estimate of drug-likeness (QED) is 0.494. The van der Waals surface area contributed by atoms with Gasteiger partial charge in [-0.25, -0.2) is 4.68 Å². The molecule has 0 aliphatic carbocycles.